The summed E-state index contributed by atoms with van der Waals surface area (Å²) in [6, 6.07) is 11.1. The Morgan fingerprint density at radius 2 is 2.10 bits per heavy atom. The molecular weight excluding hydrogens is 406 g/mol. The van der Waals surface area contributed by atoms with Crippen molar-refractivity contribution in [2.24, 2.45) is 5.73 Å². The second-order valence-corrected chi connectivity index (χ2v) is 8.96. The number of piperazine rings is 1. The van der Waals surface area contributed by atoms with Crippen molar-refractivity contribution < 1.29 is 21.8 Å². The summed E-state index contributed by atoms with van der Waals surface area (Å²) in [6.45, 7) is 5.23. The van der Waals surface area contributed by atoms with Gasteiger partial charge in [-0.1, -0.05) is 12.1 Å². The van der Waals surface area contributed by atoms with Gasteiger partial charge in [0.05, 0.1) is 11.8 Å². The largest absolute Gasteiger partial charge is 0.464 e. The molecule has 1 atom stereocenters. The van der Waals surface area contributed by atoms with Crippen molar-refractivity contribution in [3.8, 4) is 5.75 Å². The summed E-state index contributed by atoms with van der Waals surface area (Å²) in [5, 5.41) is 4.06. The van der Waals surface area contributed by atoms with E-state index in [4.69, 9.17) is 14.3 Å². The van der Waals surface area contributed by atoms with Crippen LogP contribution in [0.4, 0.5) is 0 Å². The zero-order valence-corrected chi connectivity index (χ0v) is 17.3. The lowest BCUT2D eigenvalue weighted by molar-refractivity contribution is 0.0999. The molecule has 1 aliphatic rings. The van der Waals surface area contributed by atoms with Crippen molar-refractivity contribution in [3.05, 3.63) is 59.9 Å². The van der Waals surface area contributed by atoms with Crippen LogP contribution in [0.5, 0.6) is 5.75 Å². The van der Waals surface area contributed by atoms with Gasteiger partial charge in [-0.25, -0.2) is 0 Å². The molecule has 0 radical (unpaired) electrons. The summed E-state index contributed by atoms with van der Waals surface area (Å²) >= 11 is 0. The molecule has 9 heteroatoms. The van der Waals surface area contributed by atoms with Crippen LogP contribution in [0.1, 0.15) is 22.8 Å². The molecule has 0 spiro atoms. The Labute approximate surface area is 174 Å². The SMILES string of the molecule is CC1CN(Cc2cc(S(=O)(=O)Oc3ccccc3C(N)=O)cc3ccoc23)CCN1. The number of furan rings is 1. The number of carbonyl (C=O) groups is 1. The minimum Gasteiger partial charge on any atom is -0.464 e. The lowest BCUT2D eigenvalue weighted by atomic mass is 10.1. The van der Waals surface area contributed by atoms with E-state index in [0.717, 1.165) is 25.2 Å². The van der Waals surface area contributed by atoms with Gasteiger partial charge < -0.3 is 19.7 Å². The monoisotopic (exact) mass is 429 g/mol. The number of benzene rings is 2. The standard InChI is InChI=1S/C21H23N3O5S/c1-14-12-24(8-7-23-14)13-16-11-17(10-15-6-9-28-20(15)16)30(26,27)29-19-5-3-2-4-18(19)21(22)25/h2-6,9-11,14,23H,7-8,12-13H2,1H3,(H2,22,25). The van der Waals surface area contributed by atoms with Crippen molar-refractivity contribution in [1.82, 2.24) is 10.2 Å². The van der Waals surface area contributed by atoms with Crippen molar-refractivity contribution in [3.63, 3.8) is 0 Å². The van der Waals surface area contributed by atoms with E-state index in [0.29, 0.717) is 23.6 Å². The maximum Gasteiger partial charge on any atom is 0.339 e. The Bertz CT molecular complexity index is 1190. The topological polar surface area (TPSA) is 115 Å². The molecule has 2 aromatic carbocycles. The molecule has 2 heterocycles. The molecule has 0 saturated carbocycles. The number of carbonyl (C=O) groups excluding carboxylic acids is 1. The van der Waals surface area contributed by atoms with Crippen LogP contribution < -0.4 is 15.2 Å². The first-order chi connectivity index (χ1) is 14.3. The van der Waals surface area contributed by atoms with Gasteiger partial charge in [-0.05, 0) is 37.3 Å². The fourth-order valence-corrected chi connectivity index (χ4v) is 4.73. The quantitative estimate of drug-likeness (QED) is 0.577. The van der Waals surface area contributed by atoms with Crippen LogP contribution in [0.25, 0.3) is 11.0 Å². The molecule has 4 rings (SSSR count). The number of para-hydroxylation sites is 1. The zero-order valence-electron chi connectivity index (χ0n) is 16.5. The van der Waals surface area contributed by atoms with Gasteiger partial charge in [-0.3, -0.25) is 9.69 Å². The van der Waals surface area contributed by atoms with Crippen molar-refractivity contribution in [2.75, 3.05) is 19.6 Å². The van der Waals surface area contributed by atoms with Crippen LogP contribution in [0.15, 0.2) is 58.0 Å². The highest BCUT2D eigenvalue weighted by Crippen LogP contribution is 2.29. The smallest absolute Gasteiger partial charge is 0.339 e. The number of nitrogens with two attached hydrogens (primary N) is 1. The lowest BCUT2D eigenvalue weighted by Gasteiger charge is -2.31. The predicted octanol–water partition coefficient (Wildman–Crippen LogP) is 2.09. The van der Waals surface area contributed by atoms with E-state index in [-0.39, 0.29) is 16.2 Å². The fraction of sp³-hybridized carbons (Fsp3) is 0.286. The van der Waals surface area contributed by atoms with E-state index in [1.54, 1.807) is 24.3 Å². The second-order valence-electron chi connectivity index (χ2n) is 7.41. The summed E-state index contributed by atoms with van der Waals surface area (Å²) < 4.78 is 36.9. The van der Waals surface area contributed by atoms with E-state index < -0.39 is 16.0 Å². The van der Waals surface area contributed by atoms with Crippen LogP contribution in [0, 0.1) is 0 Å². The molecule has 3 N–H and O–H groups in total. The molecule has 1 amide bonds. The Morgan fingerprint density at radius 3 is 2.87 bits per heavy atom. The normalized spacial score (nSPS) is 17.8. The predicted molar refractivity (Wildman–Crippen MR) is 112 cm³/mol. The summed E-state index contributed by atoms with van der Waals surface area (Å²) in [4.78, 5) is 13.9. The zero-order chi connectivity index (χ0) is 21.3. The number of amides is 1. The first kappa shape index (κ1) is 20.4. The average molecular weight is 429 g/mol. The molecule has 8 nitrogen and oxygen atoms in total. The average Bonchev–Trinajstić information content (AvgIpc) is 3.17. The molecule has 1 aliphatic heterocycles. The van der Waals surface area contributed by atoms with Gasteiger partial charge in [0.2, 0.25) is 0 Å². The van der Waals surface area contributed by atoms with Crippen LogP contribution in [0.3, 0.4) is 0 Å². The lowest BCUT2D eigenvalue weighted by Crippen LogP contribution is -2.48. The van der Waals surface area contributed by atoms with E-state index in [1.165, 1.54) is 24.5 Å². The fourth-order valence-electron chi connectivity index (χ4n) is 3.69. The first-order valence-electron chi connectivity index (χ1n) is 9.62. The van der Waals surface area contributed by atoms with E-state index >= 15 is 0 Å². The molecule has 1 saturated heterocycles. The third kappa shape index (κ3) is 4.18. The number of nitrogens with zero attached hydrogens (tertiary/aromatic N) is 1. The van der Waals surface area contributed by atoms with Gasteiger partial charge in [0.15, 0.2) is 5.75 Å². The Kier molecular flexibility index (Phi) is 5.50. The van der Waals surface area contributed by atoms with Crippen LogP contribution in [-0.2, 0) is 16.7 Å². The van der Waals surface area contributed by atoms with Crippen LogP contribution in [0.2, 0.25) is 0 Å². The van der Waals surface area contributed by atoms with Gasteiger partial charge in [0, 0.05) is 43.2 Å². The van der Waals surface area contributed by atoms with E-state index in [1.807, 2.05) is 0 Å². The molecule has 1 fully saturated rings. The van der Waals surface area contributed by atoms with Crippen LogP contribution in [-0.4, -0.2) is 44.9 Å². The Balaban J connectivity index is 1.69. The van der Waals surface area contributed by atoms with E-state index in [9.17, 15) is 13.2 Å². The molecule has 0 aliphatic carbocycles. The highest BCUT2D eigenvalue weighted by atomic mass is 32.2. The third-order valence-corrected chi connectivity index (χ3v) is 6.30. The molecule has 1 unspecified atom stereocenters. The molecule has 158 valence electrons. The number of hydrogen-bond donors (Lipinski definition) is 2. The van der Waals surface area contributed by atoms with Gasteiger partial charge >= 0.3 is 10.1 Å². The molecular formula is C21H23N3O5S. The summed E-state index contributed by atoms with van der Waals surface area (Å²) in [5.74, 6) is -0.866. The highest BCUT2D eigenvalue weighted by Gasteiger charge is 2.24. The first-order valence-corrected chi connectivity index (χ1v) is 11.0. The van der Waals surface area contributed by atoms with Gasteiger partial charge in [0.1, 0.15) is 10.5 Å². The number of rotatable bonds is 6. The molecule has 3 aromatic rings. The minimum absolute atomic E-state index is 0.000456. The molecule has 0 bridgehead atoms. The maximum absolute atomic E-state index is 13.0. The van der Waals surface area contributed by atoms with Crippen LogP contribution >= 0.6 is 0 Å². The van der Waals surface area contributed by atoms with Crippen molar-refractivity contribution in [1.29, 1.82) is 0 Å². The molecule has 1 aromatic heterocycles. The second kappa shape index (κ2) is 8.10. The summed E-state index contributed by atoms with van der Waals surface area (Å²) in [5.41, 5.74) is 6.75. The number of primary amides is 1. The number of hydrogen-bond acceptors (Lipinski definition) is 7. The third-order valence-electron chi connectivity index (χ3n) is 5.09. The minimum atomic E-state index is -4.19. The Morgan fingerprint density at radius 1 is 1.30 bits per heavy atom. The highest BCUT2D eigenvalue weighted by molar-refractivity contribution is 7.87. The van der Waals surface area contributed by atoms with Gasteiger partial charge in [-0.2, -0.15) is 8.42 Å². The summed E-state index contributed by atoms with van der Waals surface area (Å²) in [7, 11) is -4.19. The van der Waals surface area contributed by atoms with Crippen molar-refractivity contribution >= 4 is 27.0 Å². The maximum atomic E-state index is 13.0. The summed E-state index contributed by atoms with van der Waals surface area (Å²) in [6.07, 6.45) is 1.54. The Hall–Kier alpha value is -2.88. The van der Waals surface area contributed by atoms with Gasteiger partial charge in [-0.15, -0.1) is 0 Å². The van der Waals surface area contributed by atoms with E-state index in [2.05, 4.69) is 17.1 Å². The number of nitrogens with one attached hydrogen (secondary N) is 1. The number of fused-ring (bicyclic) bond motifs is 1. The molecule has 30 heavy (non-hydrogen) atoms. The van der Waals surface area contributed by atoms with Crippen molar-refractivity contribution in [2.45, 2.75) is 24.4 Å². The van der Waals surface area contributed by atoms with Gasteiger partial charge in [0.25, 0.3) is 5.91 Å².